The largest absolute Gasteiger partial charge is 0.355 e. The van der Waals surface area contributed by atoms with Gasteiger partial charge >= 0.3 is 0 Å². The zero-order valence-corrected chi connectivity index (χ0v) is 13.3. The summed E-state index contributed by atoms with van der Waals surface area (Å²) in [5.41, 5.74) is 0.925. The third-order valence-corrected chi connectivity index (χ3v) is 4.44. The van der Waals surface area contributed by atoms with Crippen LogP contribution in [0.2, 0.25) is 5.02 Å². The number of carbonyl (C=O) groups is 1. The summed E-state index contributed by atoms with van der Waals surface area (Å²) < 4.78 is 0.924. The minimum absolute atomic E-state index is 0.0533. The second kappa shape index (κ2) is 6.73. The molecule has 3 nitrogen and oxygen atoms in total. The van der Waals surface area contributed by atoms with Crippen LogP contribution in [-0.4, -0.2) is 37.5 Å². The van der Waals surface area contributed by atoms with Crippen molar-refractivity contribution in [1.29, 1.82) is 0 Å². The molecule has 1 N–H and O–H groups in total. The van der Waals surface area contributed by atoms with Gasteiger partial charge in [-0.2, -0.15) is 0 Å². The van der Waals surface area contributed by atoms with Gasteiger partial charge in [0.2, 0.25) is 5.91 Å². The molecule has 1 unspecified atom stereocenters. The summed E-state index contributed by atoms with van der Waals surface area (Å²) in [6.45, 7) is 2.96. The molecule has 0 bridgehead atoms. The van der Waals surface area contributed by atoms with Gasteiger partial charge in [0.25, 0.3) is 0 Å². The van der Waals surface area contributed by atoms with Crippen molar-refractivity contribution in [2.24, 2.45) is 5.92 Å². The molecular formula is C14H18BrClN2O. The van der Waals surface area contributed by atoms with Gasteiger partial charge in [0.1, 0.15) is 0 Å². The molecule has 0 radical (unpaired) electrons. The van der Waals surface area contributed by atoms with E-state index in [1.807, 2.05) is 12.1 Å². The Kier molecular flexibility index (Phi) is 5.25. The van der Waals surface area contributed by atoms with Gasteiger partial charge in [-0.25, -0.2) is 0 Å². The van der Waals surface area contributed by atoms with E-state index in [2.05, 4.69) is 33.2 Å². The fourth-order valence-electron chi connectivity index (χ4n) is 2.37. The molecule has 1 aliphatic rings. The number of nitrogens with one attached hydrogen (secondary N) is 1. The van der Waals surface area contributed by atoms with Crippen molar-refractivity contribution in [3.05, 3.63) is 33.3 Å². The summed E-state index contributed by atoms with van der Waals surface area (Å²) in [6.07, 6.45) is 1.53. The molecular weight excluding hydrogens is 328 g/mol. The second-order valence-corrected chi connectivity index (χ2v) is 6.42. The van der Waals surface area contributed by atoms with E-state index in [1.165, 1.54) is 0 Å². The lowest BCUT2D eigenvalue weighted by atomic mass is 10.1. The highest BCUT2D eigenvalue weighted by molar-refractivity contribution is 9.10. The zero-order chi connectivity index (χ0) is 13.8. The first-order valence-corrected chi connectivity index (χ1v) is 7.61. The number of nitrogens with zero attached hydrogens (tertiary/aromatic N) is 1. The molecule has 1 fully saturated rings. The minimum atomic E-state index is 0.0533. The summed E-state index contributed by atoms with van der Waals surface area (Å²) in [6, 6.07) is 5.51. The van der Waals surface area contributed by atoms with Crippen LogP contribution in [0.25, 0.3) is 0 Å². The van der Waals surface area contributed by atoms with Crippen molar-refractivity contribution in [1.82, 2.24) is 10.2 Å². The van der Waals surface area contributed by atoms with E-state index in [1.54, 1.807) is 6.07 Å². The highest BCUT2D eigenvalue weighted by Gasteiger charge is 2.19. The van der Waals surface area contributed by atoms with Gasteiger partial charge in [0, 0.05) is 22.6 Å². The third kappa shape index (κ3) is 4.48. The Hall–Kier alpha value is -0.580. The highest BCUT2D eigenvalue weighted by Crippen LogP contribution is 2.21. The third-order valence-electron chi connectivity index (χ3n) is 3.44. The molecule has 1 amide bonds. The zero-order valence-electron chi connectivity index (χ0n) is 11.0. The van der Waals surface area contributed by atoms with Gasteiger partial charge in [-0.05, 0) is 49.7 Å². The topological polar surface area (TPSA) is 32.3 Å². The summed E-state index contributed by atoms with van der Waals surface area (Å²) in [5.74, 6) is 0.634. The van der Waals surface area contributed by atoms with Gasteiger partial charge in [0.15, 0.2) is 0 Å². The molecule has 2 rings (SSSR count). The molecule has 0 aromatic heterocycles. The fourth-order valence-corrected chi connectivity index (χ4v) is 2.95. The first kappa shape index (κ1) is 14.8. The van der Waals surface area contributed by atoms with Crippen molar-refractivity contribution < 1.29 is 4.79 Å². The number of hydrogen-bond donors (Lipinski definition) is 1. The predicted octanol–water partition coefficient (Wildman–Crippen LogP) is 2.71. The van der Waals surface area contributed by atoms with Crippen molar-refractivity contribution >= 4 is 33.4 Å². The molecule has 0 saturated carbocycles. The SMILES string of the molecule is CN1CCC(CNC(=O)Cc2cc(Cl)ccc2Br)C1. The lowest BCUT2D eigenvalue weighted by molar-refractivity contribution is -0.120. The van der Waals surface area contributed by atoms with Crippen LogP contribution in [0.1, 0.15) is 12.0 Å². The van der Waals surface area contributed by atoms with Crippen LogP contribution in [0.5, 0.6) is 0 Å². The van der Waals surface area contributed by atoms with E-state index in [9.17, 15) is 4.79 Å². The molecule has 0 aliphatic carbocycles. The molecule has 1 atom stereocenters. The fraction of sp³-hybridized carbons (Fsp3) is 0.500. The first-order valence-electron chi connectivity index (χ1n) is 6.44. The Morgan fingerprint density at radius 2 is 2.37 bits per heavy atom. The summed E-state index contributed by atoms with van der Waals surface area (Å²) >= 11 is 9.38. The Morgan fingerprint density at radius 1 is 1.58 bits per heavy atom. The molecule has 5 heteroatoms. The molecule has 104 valence electrons. The molecule has 1 heterocycles. The van der Waals surface area contributed by atoms with Gasteiger partial charge in [0.05, 0.1) is 6.42 Å². The van der Waals surface area contributed by atoms with Gasteiger partial charge < -0.3 is 10.2 Å². The molecule has 1 aromatic rings. The number of hydrogen-bond acceptors (Lipinski definition) is 2. The number of amides is 1. The van der Waals surface area contributed by atoms with Crippen LogP contribution in [0.3, 0.4) is 0 Å². The quantitative estimate of drug-likeness (QED) is 0.910. The molecule has 1 aromatic carbocycles. The van der Waals surface area contributed by atoms with Crippen molar-refractivity contribution in [3.8, 4) is 0 Å². The Bertz CT molecular complexity index is 467. The van der Waals surface area contributed by atoms with E-state index in [-0.39, 0.29) is 5.91 Å². The summed E-state index contributed by atoms with van der Waals surface area (Å²) in [5, 5.41) is 3.67. The van der Waals surface area contributed by atoms with Crippen LogP contribution >= 0.6 is 27.5 Å². The summed E-state index contributed by atoms with van der Waals surface area (Å²) in [4.78, 5) is 14.2. The molecule has 0 spiro atoms. The average molecular weight is 346 g/mol. The summed E-state index contributed by atoms with van der Waals surface area (Å²) in [7, 11) is 2.12. The van der Waals surface area contributed by atoms with E-state index >= 15 is 0 Å². The van der Waals surface area contributed by atoms with E-state index in [0.29, 0.717) is 17.4 Å². The van der Waals surface area contributed by atoms with Crippen LogP contribution in [0, 0.1) is 5.92 Å². The average Bonchev–Trinajstić information content (AvgIpc) is 2.77. The van der Waals surface area contributed by atoms with Crippen LogP contribution in [0.4, 0.5) is 0 Å². The maximum atomic E-state index is 11.9. The van der Waals surface area contributed by atoms with Crippen LogP contribution in [-0.2, 0) is 11.2 Å². The number of carbonyl (C=O) groups excluding carboxylic acids is 1. The molecule has 19 heavy (non-hydrogen) atoms. The van der Waals surface area contributed by atoms with E-state index < -0.39 is 0 Å². The Balaban J connectivity index is 1.82. The number of halogens is 2. The van der Waals surface area contributed by atoms with Gasteiger partial charge in [-0.1, -0.05) is 27.5 Å². The maximum Gasteiger partial charge on any atom is 0.224 e. The van der Waals surface area contributed by atoms with Crippen molar-refractivity contribution in [2.45, 2.75) is 12.8 Å². The van der Waals surface area contributed by atoms with Gasteiger partial charge in [-0.3, -0.25) is 4.79 Å². The Morgan fingerprint density at radius 3 is 3.05 bits per heavy atom. The van der Waals surface area contributed by atoms with Gasteiger partial charge in [-0.15, -0.1) is 0 Å². The number of rotatable bonds is 4. The second-order valence-electron chi connectivity index (χ2n) is 5.13. The van der Waals surface area contributed by atoms with Crippen molar-refractivity contribution in [3.63, 3.8) is 0 Å². The molecule has 1 saturated heterocycles. The standard InChI is InChI=1S/C14H18BrClN2O/c1-18-5-4-10(9-18)8-17-14(19)7-11-6-12(16)2-3-13(11)15/h2-3,6,10H,4-5,7-9H2,1H3,(H,17,19). The smallest absolute Gasteiger partial charge is 0.224 e. The lowest BCUT2D eigenvalue weighted by Crippen LogP contribution is -2.31. The monoisotopic (exact) mass is 344 g/mol. The minimum Gasteiger partial charge on any atom is -0.355 e. The lowest BCUT2D eigenvalue weighted by Gasteiger charge is -2.12. The van der Waals surface area contributed by atoms with E-state index in [0.717, 1.165) is 36.1 Å². The predicted molar refractivity (Wildman–Crippen MR) is 81.5 cm³/mol. The Labute approximate surface area is 127 Å². The number of likely N-dealkylation sites (tertiary alicyclic amines) is 1. The maximum absolute atomic E-state index is 11.9. The first-order chi connectivity index (χ1) is 9.04. The highest BCUT2D eigenvalue weighted by atomic mass is 79.9. The normalized spacial score (nSPS) is 19.6. The molecule has 1 aliphatic heterocycles. The van der Waals surface area contributed by atoms with E-state index in [4.69, 9.17) is 11.6 Å². The van der Waals surface area contributed by atoms with Crippen molar-refractivity contribution in [2.75, 3.05) is 26.7 Å². The van der Waals surface area contributed by atoms with Crippen LogP contribution < -0.4 is 5.32 Å². The van der Waals surface area contributed by atoms with Crippen LogP contribution in [0.15, 0.2) is 22.7 Å². The number of benzene rings is 1.